The van der Waals surface area contributed by atoms with Gasteiger partial charge in [0.05, 0.1) is 6.61 Å². The van der Waals surface area contributed by atoms with Crippen molar-refractivity contribution in [2.75, 3.05) is 6.61 Å². The molecule has 0 saturated carbocycles. The van der Waals surface area contributed by atoms with Crippen molar-refractivity contribution in [2.24, 2.45) is 0 Å². The van der Waals surface area contributed by atoms with Crippen LogP contribution in [0.2, 0.25) is 0 Å². The van der Waals surface area contributed by atoms with E-state index in [4.69, 9.17) is 9.84 Å². The number of hydrogen-bond donors (Lipinski definition) is 2. The molecule has 39 heavy (non-hydrogen) atoms. The van der Waals surface area contributed by atoms with Crippen LogP contribution in [0.15, 0.2) is 89.9 Å². The molecule has 0 aliphatic carbocycles. The second-order valence-electron chi connectivity index (χ2n) is 9.65. The maximum atomic E-state index is 15.1. The number of aryl methyl sites for hydroxylation is 3. The number of halogens is 1. The summed E-state index contributed by atoms with van der Waals surface area (Å²) in [6.45, 7) is 2.14. The lowest BCUT2D eigenvalue weighted by atomic mass is 9.85. The normalized spacial score (nSPS) is 11.1. The number of benzene rings is 3. The van der Waals surface area contributed by atoms with Crippen molar-refractivity contribution in [3.05, 3.63) is 135 Å². The first kappa shape index (κ1) is 27.8. The van der Waals surface area contributed by atoms with Crippen molar-refractivity contribution in [2.45, 2.75) is 51.4 Å². The van der Waals surface area contributed by atoms with Crippen LogP contribution in [0.4, 0.5) is 4.39 Å². The minimum absolute atomic E-state index is 0.0254. The summed E-state index contributed by atoms with van der Waals surface area (Å²) in [5.41, 5.74) is 4.91. The molecule has 0 aliphatic rings. The Morgan fingerprint density at radius 1 is 0.872 bits per heavy atom. The molecule has 0 bridgehead atoms. The van der Waals surface area contributed by atoms with E-state index in [0.29, 0.717) is 54.5 Å². The number of aromatic amines is 1. The maximum Gasteiger partial charge on any atom is 0.303 e. The SMILES string of the molecule is CCc1cc(OCCCC(=O)O)cc(CCCc2cc(C(c3ccccc3)c3ccccc3)c[nH]c2=O)c1F. The Morgan fingerprint density at radius 3 is 2.10 bits per heavy atom. The van der Waals surface area contributed by atoms with E-state index in [1.54, 1.807) is 18.3 Å². The number of ether oxygens (including phenoxy) is 1. The largest absolute Gasteiger partial charge is 0.494 e. The summed E-state index contributed by atoms with van der Waals surface area (Å²) >= 11 is 0. The molecule has 0 spiro atoms. The smallest absolute Gasteiger partial charge is 0.303 e. The predicted octanol–water partition coefficient (Wildman–Crippen LogP) is 6.68. The van der Waals surface area contributed by atoms with Crippen molar-refractivity contribution in [3.8, 4) is 5.75 Å². The zero-order valence-corrected chi connectivity index (χ0v) is 22.2. The molecule has 4 aromatic rings. The fourth-order valence-electron chi connectivity index (χ4n) is 4.89. The highest BCUT2D eigenvalue weighted by molar-refractivity contribution is 5.66. The number of nitrogens with one attached hydrogen (secondary N) is 1. The average molecular weight is 528 g/mol. The summed E-state index contributed by atoms with van der Waals surface area (Å²) in [4.78, 5) is 26.4. The van der Waals surface area contributed by atoms with Gasteiger partial charge < -0.3 is 14.8 Å². The third-order valence-corrected chi connectivity index (χ3v) is 6.88. The summed E-state index contributed by atoms with van der Waals surface area (Å²) in [5, 5.41) is 8.82. The molecule has 0 atom stereocenters. The number of rotatable bonds is 13. The summed E-state index contributed by atoms with van der Waals surface area (Å²) in [5.74, 6) is -0.596. The molecule has 0 aliphatic heterocycles. The second-order valence-corrected chi connectivity index (χ2v) is 9.65. The second kappa shape index (κ2) is 13.6. The molecule has 5 nitrogen and oxygen atoms in total. The van der Waals surface area contributed by atoms with Gasteiger partial charge in [-0.3, -0.25) is 9.59 Å². The third-order valence-electron chi connectivity index (χ3n) is 6.88. The molecule has 0 amide bonds. The van der Waals surface area contributed by atoms with Gasteiger partial charge in [-0.1, -0.05) is 67.6 Å². The molecular formula is C33H34FNO4. The Kier molecular flexibility index (Phi) is 9.68. The van der Waals surface area contributed by atoms with Gasteiger partial charge in [0.25, 0.3) is 5.56 Å². The minimum atomic E-state index is -0.870. The minimum Gasteiger partial charge on any atom is -0.494 e. The monoisotopic (exact) mass is 527 g/mol. The van der Waals surface area contributed by atoms with Crippen LogP contribution in [0.1, 0.15) is 65.5 Å². The summed E-state index contributed by atoms with van der Waals surface area (Å²) < 4.78 is 20.8. The number of hydrogen-bond acceptors (Lipinski definition) is 3. The van der Waals surface area contributed by atoms with Gasteiger partial charge in [0, 0.05) is 24.1 Å². The lowest BCUT2D eigenvalue weighted by Gasteiger charge is -2.19. The Labute approximate surface area is 228 Å². The molecule has 4 rings (SSSR count). The first-order valence-corrected chi connectivity index (χ1v) is 13.4. The Balaban J connectivity index is 1.51. The van der Waals surface area contributed by atoms with Crippen molar-refractivity contribution in [1.29, 1.82) is 0 Å². The highest BCUT2D eigenvalue weighted by Crippen LogP contribution is 2.31. The van der Waals surface area contributed by atoms with E-state index in [9.17, 15) is 9.59 Å². The van der Waals surface area contributed by atoms with Crippen LogP contribution in [-0.2, 0) is 24.1 Å². The Morgan fingerprint density at radius 2 is 1.49 bits per heavy atom. The number of aliphatic carboxylic acids is 1. The molecule has 0 radical (unpaired) electrons. The Hall–Kier alpha value is -4.19. The van der Waals surface area contributed by atoms with E-state index >= 15 is 4.39 Å². The number of carboxylic acid groups (broad SMARTS) is 1. The van der Waals surface area contributed by atoms with Crippen LogP contribution in [0.3, 0.4) is 0 Å². The average Bonchev–Trinajstić information content (AvgIpc) is 2.95. The van der Waals surface area contributed by atoms with Gasteiger partial charge >= 0.3 is 5.97 Å². The fourth-order valence-corrected chi connectivity index (χ4v) is 4.89. The molecular weight excluding hydrogens is 493 g/mol. The van der Waals surface area contributed by atoms with E-state index in [-0.39, 0.29) is 30.3 Å². The van der Waals surface area contributed by atoms with Crippen LogP contribution in [0.25, 0.3) is 0 Å². The van der Waals surface area contributed by atoms with E-state index in [2.05, 4.69) is 29.2 Å². The van der Waals surface area contributed by atoms with Crippen molar-refractivity contribution >= 4 is 5.97 Å². The van der Waals surface area contributed by atoms with Gasteiger partial charge in [-0.2, -0.15) is 0 Å². The van der Waals surface area contributed by atoms with Crippen molar-refractivity contribution in [1.82, 2.24) is 4.98 Å². The van der Waals surface area contributed by atoms with Crippen LogP contribution >= 0.6 is 0 Å². The molecule has 0 saturated heterocycles. The third kappa shape index (κ3) is 7.44. The first-order valence-electron chi connectivity index (χ1n) is 13.4. The highest BCUT2D eigenvalue weighted by Gasteiger charge is 2.18. The fraction of sp³-hybridized carbons (Fsp3) is 0.273. The number of aromatic nitrogens is 1. The number of pyridine rings is 1. The first-order chi connectivity index (χ1) is 19.0. The topological polar surface area (TPSA) is 79.4 Å². The maximum absolute atomic E-state index is 15.1. The zero-order valence-electron chi connectivity index (χ0n) is 22.2. The highest BCUT2D eigenvalue weighted by atomic mass is 19.1. The van der Waals surface area contributed by atoms with Crippen molar-refractivity contribution < 1.29 is 19.0 Å². The number of carboxylic acids is 1. The number of carbonyl (C=O) groups is 1. The summed E-state index contributed by atoms with van der Waals surface area (Å²) in [6.07, 6.45) is 4.27. The zero-order chi connectivity index (χ0) is 27.6. The quantitative estimate of drug-likeness (QED) is 0.190. The van der Waals surface area contributed by atoms with Crippen LogP contribution in [0.5, 0.6) is 5.75 Å². The van der Waals surface area contributed by atoms with E-state index < -0.39 is 5.97 Å². The van der Waals surface area contributed by atoms with Gasteiger partial charge in [0.2, 0.25) is 0 Å². The summed E-state index contributed by atoms with van der Waals surface area (Å²) in [6, 6.07) is 25.7. The molecule has 1 heterocycles. The lowest BCUT2D eigenvalue weighted by Crippen LogP contribution is -2.15. The molecule has 202 valence electrons. The van der Waals surface area contributed by atoms with Crippen LogP contribution in [-0.4, -0.2) is 22.7 Å². The van der Waals surface area contributed by atoms with Gasteiger partial charge in [0.15, 0.2) is 0 Å². The van der Waals surface area contributed by atoms with Gasteiger partial charge in [-0.05, 0) is 78.1 Å². The molecule has 2 N–H and O–H groups in total. The van der Waals surface area contributed by atoms with Gasteiger partial charge in [-0.15, -0.1) is 0 Å². The molecule has 1 aromatic heterocycles. The molecule has 0 unspecified atom stereocenters. The molecule has 3 aromatic carbocycles. The van der Waals surface area contributed by atoms with E-state index in [0.717, 1.165) is 16.7 Å². The van der Waals surface area contributed by atoms with Crippen LogP contribution in [0, 0.1) is 5.82 Å². The summed E-state index contributed by atoms with van der Waals surface area (Å²) in [7, 11) is 0. The molecule has 6 heteroatoms. The number of H-pyrrole nitrogens is 1. The van der Waals surface area contributed by atoms with Gasteiger partial charge in [-0.25, -0.2) is 4.39 Å². The van der Waals surface area contributed by atoms with Gasteiger partial charge in [0.1, 0.15) is 11.6 Å². The van der Waals surface area contributed by atoms with E-state index in [1.165, 1.54) is 0 Å². The lowest BCUT2D eigenvalue weighted by molar-refractivity contribution is -0.137. The van der Waals surface area contributed by atoms with E-state index in [1.807, 2.05) is 49.4 Å². The van der Waals surface area contributed by atoms with Crippen LogP contribution < -0.4 is 10.3 Å². The standard InChI is InChI=1S/C33H34FNO4/c1-2-23-20-29(39-18-10-17-30(36)37)21-26(32(23)34)15-9-16-27-19-28(22-35-33(27)38)31(24-11-5-3-6-12-24)25-13-7-4-8-14-25/h3-8,11-14,19-22,31H,2,9-10,15-18H2,1H3,(H,35,38)(H,36,37). The molecule has 0 fully saturated rings. The Bertz CT molecular complexity index is 1390. The predicted molar refractivity (Wildman–Crippen MR) is 151 cm³/mol. The van der Waals surface area contributed by atoms with Crippen molar-refractivity contribution in [3.63, 3.8) is 0 Å².